The maximum absolute atomic E-state index is 12.8. The van der Waals surface area contributed by atoms with E-state index >= 15 is 0 Å². The first-order valence-electron chi connectivity index (χ1n) is 11.8. The lowest BCUT2D eigenvalue weighted by molar-refractivity contribution is -0.121. The van der Waals surface area contributed by atoms with E-state index in [1.807, 2.05) is 25.1 Å². The van der Waals surface area contributed by atoms with Crippen molar-refractivity contribution in [3.8, 4) is 0 Å². The van der Waals surface area contributed by atoms with Crippen molar-refractivity contribution in [1.82, 2.24) is 19.8 Å². The zero-order valence-corrected chi connectivity index (χ0v) is 20.9. The van der Waals surface area contributed by atoms with Crippen LogP contribution in [0.5, 0.6) is 0 Å². The van der Waals surface area contributed by atoms with Crippen molar-refractivity contribution < 1.29 is 13.2 Å². The monoisotopic (exact) mass is 506 g/mol. The first-order chi connectivity index (χ1) is 17.4. The number of nitrogens with zero attached hydrogens (tertiary/aromatic N) is 4. The number of benzene rings is 2. The van der Waals surface area contributed by atoms with E-state index in [0.717, 1.165) is 32.7 Å². The Bertz CT molecular complexity index is 1260. The topological polar surface area (TPSA) is 108 Å². The lowest BCUT2D eigenvalue weighted by Crippen LogP contribution is -2.52. The third-order valence-electron chi connectivity index (χ3n) is 6.03. The molecule has 1 fully saturated rings. The van der Waals surface area contributed by atoms with E-state index in [2.05, 4.69) is 54.1 Å². The lowest BCUT2D eigenvalue weighted by Gasteiger charge is -2.37. The third kappa shape index (κ3) is 6.97. The molecule has 1 aliphatic rings. The van der Waals surface area contributed by atoms with Crippen LogP contribution in [0, 0.1) is 0 Å². The molecule has 10 heteroatoms. The quantitative estimate of drug-likeness (QED) is 0.459. The summed E-state index contributed by atoms with van der Waals surface area (Å²) in [5, 5.41) is 2.89. The van der Waals surface area contributed by atoms with Gasteiger partial charge in [-0.1, -0.05) is 42.5 Å². The Balaban J connectivity index is 1.25. The predicted octanol–water partition coefficient (Wildman–Crippen LogP) is 2.94. The summed E-state index contributed by atoms with van der Waals surface area (Å²) in [6.45, 7) is 6.16. The van der Waals surface area contributed by atoms with E-state index in [4.69, 9.17) is 0 Å². The van der Waals surface area contributed by atoms with E-state index in [9.17, 15) is 13.2 Å². The molecule has 36 heavy (non-hydrogen) atoms. The van der Waals surface area contributed by atoms with Gasteiger partial charge in [0.25, 0.3) is 10.0 Å². The van der Waals surface area contributed by atoms with Gasteiger partial charge in [-0.25, -0.2) is 23.1 Å². The van der Waals surface area contributed by atoms with Crippen LogP contribution in [0.15, 0.2) is 84.0 Å². The molecule has 0 aliphatic carbocycles. The van der Waals surface area contributed by atoms with Crippen LogP contribution in [0.1, 0.15) is 12.5 Å². The Labute approximate surface area is 211 Å². The molecular weight excluding hydrogens is 476 g/mol. The molecular formula is C26H30N6O3S. The minimum atomic E-state index is -3.83. The number of rotatable bonds is 9. The summed E-state index contributed by atoms with van der Waals surface area (Å²) in [4.78, 5) is 25.2. The number of amides is 1. The van der Waals surface area contributed by atoms with Crippen LogP contribution in [0.3, 0.4) is 0 Å². The van der Waals surface area contributed by atoms with Crippen LogP contribution in [-0.2, 0) is 14.8 Å². The van der Waals surface area contributed by atoms with Crippen molar-refractivity contribution >= 4 is 33.6 Å². The van der Waals surface area contributed by atoms with Crippen molar-refractivity contribution in [2.45, 2.75) is 17.9 Å². The molecule has 2 heterocycles. The summed E-state index contributed by atoms with van der Waals surface area (Å²) >= 11 is 0. The van der Waals surface area contributed by atoms with E-state index in [1.54, 1.807) is 18.2 Å². The van der Waals surface area contributed by atoms with E-state index in [0.29, 0.717) is 5.69 Å². The highest BCUT2D eigenvalue weighted by molar-refractivity contribution is 7.92. The Morgan fingerprint density at radius 1 is 0.972 bits per heavy atom. The number of nitrogens with one attached hydrogen (secondary N) is 2. The van der Waals surface area contributed by atoms with Crippen molar-refractivity contribution in [2.75, 3.05) is 42.8 Å². The number of aromatic nitrogens is 2. The molecule has 188 valence electrons. The molecule has 9 nitrogen and oxygen atoms in total. The van der Waals surface area contributed by atoms with Crippen LogP contribution < -0.4 is 10.0 Å². The van der Waals surface area contributed by atoms with E-state index in [-0.39, 0.29) is 22.8 Å². The fraction of sp³-hybridized carbons (Fsp3) is 0.269. The number of piperazine rings is 1. The number of carbonyl (C=O) groups excluding carboxylic acids is 1. The highest BCUT2D eigenvalue weighted by atomic mass is 32.2. The molecule has 1 aromatic heterocycles. The second-order valence-corrected chi connectivity index (χ2v) is 10.2. The van der Waals surface area contributed by atoms with Gasteiger partial charge in [0, 0.05) is 50.8 Å². The molecule has 1 amide bonds. The highest BCUT2D eigenvalue weighted by Crippen LogP contribution is 2.17. The third-order valence-corrected chi connectivity index (χ3v) is 7.38. The number of carbonyl (C=O) groups is 1. The van der Waals surface area contributed by atoms with Crippen molar-refractivity contribution in [1.29, 1.82) is 0 Å². The molecule has 4 rings (SSSR count). The number of hydrogen-bond donors (Lipinski definition) is 2. The van der Waals surface area contributed by atoms with Gasteiger partial charge in [-0.05, 0) is 42.8 Å². The summed E-state index contributed by atoms with van der Waals surface area (Å²) in [5.74, 6) is -0.130. The normalized spacial score (nSPS) is 16.0. The summed E-state index contributed by atoms with van der Waals surface area (Å²) in [7, 11) is -3.83. The second kappa shape index (κ2) is 11.9. The van der Waals surface area contributed by atoms with Crippen LogP contribution >= 0.6 is 0 Å². The largest absolute Gasteiger partial charge is 0.325 e. The highest BCUT2D eigenvalue weighted by Gasteiger charge is 2.25. The van der Waals surface area contributed by atoms with Crippen LogP contribution in [-0.4, -0.2) is 72.9 Å². The average molecular weight is 507 g/mol. The molecule has 1 aliphatic heterocycles. The Hall–Kier alpha value is -3.60. The maximum Gasteiger partial charge on any atom is 0.264 e. The summed E-state index contributed by atoms with van der Waals surface area (Å²) in [6.07, 6.45) is 7.21. The van der Waals surface area contributed by atoms with E-state index in [1.165, 1.54) is 30.1 Å². The van der Waals surface area contributed by atoms with Gasteiger partial charge in [0.1, 0.15) is 0 Å². The lowest BCUT2D eigenvalue weighted by atomic mass is 10.2. The summed E-state index contributed by atoms with van der Waals surface area (Å²) in [5.41, 5.74) is 1.72. The summed E-state index contributed by atoms with van der Waals surface area (Å²) in [6, 6.07) is 17.5. The van der Waals surface area contributed by atoms with Crippen molar-refractivity contribution in [3.63, 3.8) is 0 Å². The SMILES string of the molecule is CC(C(=O)Nc1ccc(S(=O)(=O)Nc2ncccn2)cc1)N1CCN(CC=Cc2ccccc2)CC1. The summed E-state index contributed by atoms with van der Waals surface area (Å²) < 4.78 is 27.4. The average Bonchev–Trinajstić information content (AvgIpc) is 2.90. The fourth-order valence-corrected chi connectivity index (χ4v) is 4.85. The van der Waals surface area contributed by atoms with Gasteiger partial charge in [-0.15, -0.1) is 0 Å². The van der Waals surface area contributed by atoms with Gasteiger partial charge in [0.15, 0.2) is 0 Å². The molecule has 1 unspecified atom stereocenters. The predicted molar refractivity (Wildman–Crippen MR) is 141 cm³/mol. The molecule has 2 N–H and O–H groups in total. The van der Waals surface area contributed by atoms with Gasteiger partial charge in [-0.2, -0.15) is 0 Å². The van der Waals surface area contributed by atoms with Gasteiger partial charge >= 0.3 is 0 Å². The van der Waals surface area contributed by atoms with Crippen LogP contribution in [0.25, 0.3) is 6.08 Å². The van der Waals surface area contributed by atoms with Gasteiger partial charge in [0.2, 0.25) is 11.9 Å². The first-order valence-corrected chi connectivity index (χ1v) is 13.3. The molecule has 0 bridgehead atoms. The molecule has 1 saturated heterocycles. The second-order valence-electron chi connectivity index (χ2n) is 8.52. The van der Waals surface area contributed by atoms with Crippen molar-refractivity contribution in [3.05, 3.63) is 84.7 Å². The Morgan fingerprint density at radius 3 is 2.31 bits per heavy atom. The van der Waals surface area contributed by atoms with Gasteiger partial charge in [-0.3, -0.25) is 14.6 Å². The minimum Gasteiger partial charge on any atom is -0.325 e. The number of hydrogen-bond acceptors (Lipinski definition) is 7. The van der Waals surface area contributed by atoms with Crippen molar-refractivity contribution in [2.24, 2.45) is 0 Å². The molecule has 0 spiro atoms. The molecule has 3 aromatic rings. The number of anilines is 2. The number of sulfonamides is 1. The molecule has 2 aromatic carbocycles. The Morgan fingerprint density at radius 2 is 1.64 bits per heavy atom. The van der Waals surface area contributed by atoms with Gasteiger partial charge in [0.05, 0.1) is 10.9 Å². The minimum absolute atomic E-state index is 0.00369. The van der Waals surface area contributed by atoms with E-state index < -0.39 is 10.0 Å². The zero-order valence-electron chi connectivity index (χ0n) is 20.1. The zero-order chi connectivity index (χ0) is 25.4. The molecule has 0 saturated carbocycles. The van der Waals surface area contributed by atoms with Crippen LogP contribution in [0.2, 0.25) is 0 Å². The molecule has 1 atom stereocenters. The maximum atomic E-state index is 12.8. The fourth-order valence-electron chi connectivity index (χ4n) is 3.90. The first kappa shape index (κ1) is 25.5. The van der Waals surface area contributed by atoms with Gasteiger partial charge < -0.3 is 5.32 Å². The Kier molecular flexibility index (Phi) is 8.42. The van der Waals surface area contributed by atoms with Crippen LogP contribution in [0.4, 0.5) is 11.6 Å². The molecule has 0 radical (unpaired) electrons. The smallest absolute Gasteiger partial charge is 0.264 e. The standard InChI is InChI=1S/C26H30N6O3S/c1-21(32-19-17-31(18-20-32)16-5-9-22-7-3-2-4-8-22)25(33)29-23-10-12-24(13-11-23)36(34,35)30-26-27-14-6-15-28-26/h2-15,21H,16-20H2,1H3,(H,29,33)(H,27,28,30).